The molecule has 3 aliphatic rings. The molecule has 3 nitrogen and oxygen atoms in total. The second kappa shape index (κ2) is 5.60. The van der Waals surface area contributed by atoms with Gasteiger partial charge in [0.1, 0.15) is 29.5 Å². The number of rotatable bonds is 1. The molecule has 0 bridgehead atoms. The second-order valence-electron chi connectivity index (χ2n) is 8.18. The number of para-hydroxylation sites is 2. The van der Waals surface area contributed by atoms with E-state index in [1.54, 1.807) is 0 Å². The van der Waals surface area contributed by atoms with E-state index in [4.69, 9.17) is 9.47 Å². The number of Topliss-reactive ketones (excluding diaryl/α,β-unsaturated/α-hetero) is 1. The molecule has 0 spiro atoms. The van der Waals surface area contributed by atoms with Gasteiger partial charge in [-0.2, -0.15) is 0 Å². The van der Waals surface area contributed by atoms with Crippen molar-refractivity contribution in [3.63, 3.8) is 0 Å². The lowest BCUT2D eigenvalue weighted by Gasteiger charge is -2.55. The maximum Gasteiger partial charge on any atom is 0.147 e. The van der Waals surface area contributed by atoms with Crippen molar-refractivity contribution in [2.24, 2.45) is 17.3 Å². The summed E-state index contributed by atoms with van der Waals surface area (Å²) in [5, 5.41) is 0. The Morgan fingerprint density at radius 1 is 0.885 bits per heavy atom. The molecule has 134 valence electrons. The molecule has 0 aromatic heterocycles. The maximum absolute atomic E-state index is 13.5. The van der Waals surface area contributed by atoms with E-state index in [1.165, 1.54) is 0 Å². The van der Waals surface area contributed by atoms with Gasteiger partial charge in [0.2, 0.25) is 0 Å². The molecule has 2 heterocycles. The largest absolute Gasteiger partial charge is 0.489 e. The average Bonchev–Trinajstić information content (AvgIpc) is 2.70. The number of hydrogen-bond acceptors (Lipinski definition) is 3. The van der Waals surface area contributed by atoms with Crippen LogP contribution in [0, 0.1) is 17.3 Å². The van der Waals surface area contributed by atoms with Gasteiger partial charge in [-0.05, 0) is 42.5 Å². The van der Waals surface area contributed by atoms with Crippen molar-refractivity contribution in [2.75, 3.05) is 0 Å². The third-order valence-corrected chi connectivity index (χ3v) is 6.86. The van der Waals surface area contributed by atoms with Crippen LogP contribution < -0.4 is 9.47 Å². The van der Waals surface area contributed by atoms with Crippen LogP contribution in [-0.4, -0.2) is 18.0 Å². The molecule has 4 atom stereocenters. The topological polar surface area (TPSA) is 35.5 Å². The van der Waals surface area contributed by atoms with E-state index in [1.807, 2.05) is 36.4 Å². The molecule has 2 aromatic rings. The van der Waals surface area contributed by atoms with Gasteiger partial charge >= 0.3 is 0 Å². The minimum atomic E-state index is -0.190. The van der Waals surface area contributed by atoms with Gasteiger partial charge in [0.05, 0.1) is 11.8 Å². The van der Waals surface area contributed by atoms with E-state index in [0.717, 1.165) is 41.9 Å². The molecule has 2 aliphatic heterocycles. The van der Waals surface area contributed by atoms with Gasteiger partial charge in [-0.3, -0.25) is 4.79 Å². The SMILES string of the molecule is CCC1(C)[C@@H]2Oc3ccccc3C[C@@H]2C(=O)[C@H]2Cc3ccccc3O[C@H]21. The van der Waals surface area contributed by atoms with Crippen molar-refractivity contribution in [1.82, 2.24) is 0 Å². The maximum atomic E-state index is 13.5. The van der Waals surface area contributed by atoms with Gasteiger partial charge < -0.3 is 9.47 Å². The van der Waals surface area contributed by atoms with Crippen molar-refractivity contribution in [2.45, 2.75) is 45.3 Å². The third kappa shape index (κ3) is 2.09. The van der Waals surface area contributed by atoms with Crippen molar-refractivity contribution < 1.29 is 14.3 Å². The lowest BCUT2D eigenvalue weighted by atomic mass is 9.57. The van der Waals surface area contributed by atoms with Crippen molar-refractivity contribution in [3.05, 3.63) is 59.7 Å². The second-order valence-corrected chi connectivity index (χ2v) is 8.18. The van der Waals surface area contributed by atoms with E-state index in [2.05, 4.69) is 26.0 Å². The Labute approximate surface area is 154 Å². The summed E-state index contributed by atoms with van der Waals surface area (Å²) >= 11 is 0. The number of carbonyl (C=O) groups is 1. The van der Waals surface area contributed by atoms with Crippen LogP contribution in [0.4, 0.5) is 0 Å². The molecule has 1 saturated carbocycles. The van der Waals surface area contributed by atoms with E-state index < -0.39 is 0 Å². The van der Waals surface area contributed by atoms with E-state index in [0.29, 0.717) is 5.78 Å². The van der Waals surface area contributed by atoms with Crippen LogP contribution in [-0.2, 0) is 17.6 Å². The smallest absolute Gasteiger partial charge is 0.147 e. The molecular weight excluding hydrogens is 324 g/mol. The minimum Gasteiger partial charge on any atom is -0.489 e. The fourth-order valence-electron chi connectivity index (χ4n) is 5.23. The summed E-state index contributed by atoms with van der Waals surface area (Å²) in [6.07, 6.45) is 2.23. The van der Waals surface area contributed by atoms with Crippen LogP contribution in [0.3, 0.4) is 0 Å². The van der Waals surface area contributed by atoms with Crippen molar-refractivity contribution in [1.29, 1.82) is 0 Å². The number of benzene rings is 2. The van der Waals surface area contributed by atoms with Crippen LogP contribution >= 0.6 is 0 Å². The Bertz CT molecular complexity index is 806. The van der Waals surface area contributed by atoms with Gasteiger partial charge in [0.15, 0.2) is 0 Å². The summed E-state index contributed by atoms with van der Waals surface area (Å²) < 4.78 is 12.9. The van der Waals surface area contributed by atoms with E-state index in [-0.39, 0.29) is 29.5 Å². The molecule has 26 heavy (non-hydrogen) atoms. The summed E-state index contributed by atoms with van der Waals surface area (Å²) in [5.74, 6) is 2.01. The van der Waals surface area contributed by atoms with Gasteiger partial charge in [-0.15, -0.1) is 0 Å². The zero-order chi connectivity index (χ0) is 17.9. The van der Waals surface area contributed by atoms with Gasteiger partial charge in [-0.1, -0.05) is 50.2 Å². The van der Waals surface area contributed by atoms with Crippen LogP contribution in [0.25, 0.3) is 0 Å². The number of carbonyl (C=O) groups excluding carboxylic acids is 1. The number of hydrogen-bond donors (Lipinski definition) is 0. The Balaban J connectivity index is 1.60. The summed E-state index contributed by atoms with van der Waals surface area (Å²) in [6, 6.07) is 16.3. The molecule has 3 heteroatoms. The predicted molar refractivity (Wildman–Crippen MR) is 99.5 cm³/mol. The predicted octanol–water partition coefficient (Wildman–Crippen LogP) is 4.23. The molecule has 2 aromatic carbocycles. The Kier molecular flexibility index (Phi) is 3.43. The van der Waals surface area contributed by atoms with Gasteiger partial charge in [0.25, 0.3) is 0 Å². The molecule has 0 saturated heterocycles. The molecule has 0 unspecified atom stereocenters. The molecular formula is C23H24O3. The molecule has 0 amide bonds. The molecule has 1 fully saturated rings. The van der Waals surface area contributed by atoms with E-state index >= 15 is 0 Å². The molecule has 0 N–H and O–H groups in total. The van der Waals surface area contributed by atoms with E-state index in [9.17, 15) is 4.79 Å². The Hall–Kier alpha value is -2.29. The number of ketones is 1. The van der Waals surface area contributed by atoms with Crippen molar-refractivity contribution >= 4 is 5.78 Å². The molecule has 0 radical (unpaired) electrons. The van der Waals surface area contributed by atoms with Crippen LogP contribution in [0.2, 0.25) is 0 Å². The lowest BCUT2D eigenvalue weighted by Crippen LogP contribution is -2.65. The average molecular weight is 348 g/mol. The van der Waals surface area contributed by atoms with Crippen LogP contribution in [0.1, 0.15) is 31.4 Å². The zero-order valence-corrected chi connectivity index (χ0v) is 15.3. The highest BCUT2D eigenvalue weighted by atomic mass is 16.5. The first kappa shape index (κ1) is 15.9. The normalized spacial score (nSPS) is 34.5. The lowest BCUT2D eigenvalue weighted by molar-refractivity contribution is -0.165. The summed E-state index contributed by atoms with van der Waals surface area (Å²) in [5.41, 5.74) is 2.11. The Morgan fingerprint density at radius 3 is 1.81 bits per heavy atom. The molecule has 1 aliphatic carbocycles. The fourth-order valence-corrected chi connectivity index (χ4v) is 5.23. The zero-order valence-electron chi connectivity index (χ0n) is 15.3. The first-order chi connectivity index (χ1) is 12.6. The van der Waals surface area contributed by atoms with Crippen molar-refractivity contribution in [3.8, 4) is 11.5 Å². The minimum absolute atomic E-state index is 0.0787. The Morgan fingerprint density at radius 2 is 1.35 bits per heavy atom. The summed E-state index contributed by atoms with van der Waals surface area (Å²) in [7, 11) is 0. The fraction of sp³-hybridized carbons (Fsp3) is 0.435. The standard InChI is InChI=1S/C23H24O3/c1-3-23(2)21-16(12-14-8-4-6-10-18(14)25-21)20(24)17-13-15-9-5-7-11-19(15)26-22(17)23/h4-11,16-17,21-22H,3,12-13H2,1-2H3/t16-,17-,21-,22-/m1/s1. The highest BCUT2D eigenvalue weighted by molar-refractivity contribution is 5.87. The van der Waals surface area contributed by atoms with Crippen LogP contribution in [0.5, 0.6) is 11.5 Å². The first-order valence-corrected chi connectivity index (χ1v) is 9.64. The first-order valence-electron chi connectivity index (χ1n) is 9.64. The summed E-state index contributed by atoms with van der Waals surface area (Å²) in [6.45, 7) is 4.44. The highest BCUT2D eigenvalue weighted by Gasteiger charge is 2.60. The monoisotopic (exact) mass is 348 g/mol. The number of ether oxygens (including phenoxy) is 2. The highest BCUT2D eigenvalue weighted by Crippen LogP contribution is 2.52. The summed E-state index contributed by atoms with van der Waals surface area (Å²) in [4.78, 5) is 13.5. The van der Waals surface area contributed by atoms with Crippen LogP contribution in [0.15, 0.2) is 48.5 Å². The number of fused-ring (bicyclic) bond motifs is 4. The van der Waals surface area contributed by atoms with Gasteiger partial charge in [-0.25, -0.2) is 0 Å². The van der Waals surface area contributed by atoms with Gasteiger partial charge in [0, 0.05) is 5.41 Å². The molecule has 5 rings (SSSR count). The third-order valence-electron chi connectivity index (χ3n) is 6.86. The quantitative estimate of drug-likeness (QED) is 0.774.